The number of sulfonamides is 1. The van der Waals surface area contributed by atoms with Crippen LogP contribution in [0.25, 0.3) is 0 Å². The van der Waals surface area contributed by atoms with Crippen LogP contribution >= 0.6 is 27.5 Å². The van der Waals surface area contributed by atoms with Gasteiger partial charge in [-0.25, -0.2) is 13.4 Å². The number of hydrogen-bond acceptors (Lipinski definition) is 5. The van der Waals surface area contributed by atoms with Crippen molar-refractivity contribution in [3.63, 3.8) is 0 Å². The van der Waals surface area contributed by atoms with E-state index >= 15 is 0 Å². The Kier molecular flexibility index (Phi) is 6.41. The van der Waals surface area contributed by atoms with Crippen LogP contribution in [0.4, 0.5) is 11.4 Å². The summed E-state index contributed by atoms with van der Waals surface area (Å²) in [4.78, 5) is 16.6. The van der Waals surface area contributed by atoms with Gasteiger partial charge in [-0.2, -0.15) is 0 Å². The minimum absolute atomic E-state index is 0.123. The third kappa shape index (κ3) is 6.18. The molecule has 0 unspecified atom stereocenters. The van der Waals surface area contributed by atoms with Gasteiger partial charge in [0.25, 0.3) is 5.91 Å². The van der Waals surface area contributed by atoms with Gasteiger partial charge in [-0.05, 0) is 42.5 Å². The highest BCUT2D eigenvalue weighted by molar-refractivity contribution is 9.10. The number of aromatic nitrogens is 1. The fourth-order valence-electron chi connectivity index (χ4n) is 2.31. The highest BCUT2D eigenvalue weighted by Crippen LogP contribution is 2.26. The molecule has 3 rings (SSSR count). The van der Waals surface area contributed by atoms with E-state index < -0.39 is 15.9 Å². The molecule has 29 heavy (non-hydrogen) atoms. The largest absolute Gasteiger partial charge is 0.439 e. The van der Waals surface area contributed by atoms with Crippen LogP contribution < -0.4 is 14.8 Å². The molecule has 0 saturated heterocycles. The normalized spacial score (nSPS) is 11.0. The number of amides is 1. The van der Waals surface area contributed by atoms with Gasteiger partial charge in [-0.1, -0.05) is 33.6 Å². The van der Waals surface area contributed by atoms with Gasteiger partial charge in [0, 0.05) is 16.1 Å². The van der Waals surface area contributed by atoms with Crippen LogP contribution in [-0.4, -0.2) is 25.6 Å². The van der Waals surface area contributed by atoms with E-state index in [9.17, 15) is 13.2 Å². The molecule has 0 aliphatic heterocycles. The molecule has 0 aliphatic carbocycles. The van der Waals surface area contributed by atoms with E-state index in [-0.39, 0.29) is 16.3 Å². The average molecular weight is 497 g/mol. The molecule has 10 heteroatoms. The summed E-state index contributed by atoms with van der Waals surface area (Å²) in [7, 11) is -3.53. The van der Waals surface area contributed by atoms with Crippen LogP contribution in [-0.2, 0) is 10.0 Å². The average Bonchev–Trinajstić information content (AvgIpc) is 2.64. The van der Waals surface area contributed by atoms with Crippen molar-refractivity contribution in [2.45, 2.75) is 0 Å². The Bertz CT molecular complexity index is 1150. The third-order valence-corrected chi connectivity index (χ3v) is 4.95. The summed E-state index contributed by atoms with van der Waals surface area (Å²) in [5.74, 6) is 0.545. The van der Waals surface area contributed by atoms with Gasteiger partial charge in [0.2, 0.25) is 15.9 Å². The molecular formula is C19H15BrClN3O4S. The van der Waals surface area contributed by atoms with Crippen LogP contribution in [0.2, 0.25) is 5.02 Å². The van der Waals surface area contributed by atoms with Crippen molar-refractivity contribution >= 4 is 54.8 Å². The first-order valence-electron chi connectivity index (χ1n) is 8.18. The van der Waals surface area contributed by atoms with Crippen molar-refractivity contribution in [2.24, 2.45) is 0 Å². The topological polar surface area (TPSA) is 97.4 Å². The van der Waals surface area contributed by atoms with Gasteiger partial charge < -0.3 is 10.1 Å². The van der Waals surface area contributed by atoms with Crippen LogP contribution in [0, 0.1) is 0 Å². The standard InChI is InChI=1S/C19H15BrClN3O4S/c1-29(26,27)24-17-9-12(5-7-16(17)21)19(25)23-14-6-8-18(22-11-14)28-15-4-2-3-13(20)10-15/h2-11,24H,1H3,(H,23,25). The van der Waals surface area contributed by atoms with E-state index in [1.165, 1.54) is 24.4 Å². The van der Waals surface area contributed by atoms with Gasteiger partial charge >= 0.3 is 0 Å². The zero-order valence-electron chi connectivity index (χ0n) is 15.0. The smallest absolute Gasteiger partial charge is 0.255 e. The van der Waals surface area contributed by atoms with Gasteiger partial charge in [-0.3, -0.25) is 9.52 Å². The Morgan fingerprint density at radius 1 is 1.14 bits per heavy atom. The van der Waals surface area contributed by atoms with Gasteiger partial charge in [0.15, 0.2) is 0 Å². The molecule has 0 spiro atoms. The molecule has 0 atom stereocenters. The maximum atomic E-state index is 12.5. The lowest BCUT2D eigenvalue weighted by molar-refractivity contribution is 0.102. The number of carbonyl (C=O) groups is 1. The molecule has 2 aromatic carbocycles. The summed E-state index contributed by atoms with van der Waals surface area (Å²) in [6, 6.07) is 14.9. The number of halogens is 2. The summed E-state index contributed by atoms with van der Waals surface area (Å²) < 4.78 is 31.6. The summed E-state index contributed by atoms with van der Waals surface area (Å²) in [6.07, 6.45) is 2.45. The van der Waals surface area contributed by atoms with E-state index in [0.717, 1.165) is 10.7 Å². The Labute approximate surface area is 181 Å². The first kappa shape index (κ1) is 21.1. The third-order valence-electron chi connectivity index (χ3n) is 3.54. The number of hydrogen-bond donors (Lipinski definition) is 2. The Morgan fingerprint density at radius 3 is 2.59 bits per heavy atom. The highest BCUT2D eigenvalue weighted by Gasteiger charge is 2.12. The van der Waals surface area contributed by atoms with Crippen molar-refractivity contribution < 1.29 is 17.9 Å². The summed E-state index contributed by atoms with van der Waals surface area (Å²) in [5, 5.41) is 2.87. The molecule has 2 N–H and O–H groups in total. The lowest BCUT2D eigenvalue weighted by atomic mass is 10.2. The fraction of sp³-hybridized carbons (Fsp3) is 0.0526. The molecule has 0 bridgehead atoms. The Morgan fingerprint density at radius 2 is 1.93 bits per heavy atom. The molecule has 0 aliphatic rings. The molecule has 1 heterocycles. The summed E-state index contributed by atoms with van der Waals surface area (Å²) in [5.41, 5.74) is 0.803. The van der Waals surface area contributed by atoms with Crippen molar-refractivity contribution in [2.75, 3.05) is 16.3 Å². The number of anilines is 2. The second-order valence-corrected chi connectivity index (χ2v) is 9.04. The van der Waals surface area contributed by atoms with Crippen LogP contribution in [0.5, 0.6) is 11.6 Å². The minimum atomic E-state index is -3.53. The molecule has 0 radical (unpaired) electrons. The van der Waals surface area contributed by atoms with E-state index in [1.807, 2.05) is 12.1 Å². The van der Waals surface area contributed by atoms with Crippen LogP contribution in [0.1, 0.15) is 10.4 Å². The maximum Gasteiger partial charge on any atom is 0.255 e. The first-order chi connectivity index (χ1) is 13.7. The maximum absolute atomic E-state index is 12.5. The van der Waals surface area contributed by atoms with Gasteiger partial charge in [-0.15, -0.1) is 0 Å². The van der Waals surface area contributed by atoms with Crippen molar-refractivity contribution in [1.29, 1.82) is 0 Å². The number of rotatable bonds is 6. The molecule has 3 aromatic rings. The second-order valence-electron chi connectivity index (χ2n) is 5.97. The summed E-state index contributed by atoms with van der Waals surface area (Å²) in [6.45, 7) is 0. The minimum Gasteiger partial charge on any atom is -0.439 e. The van der Waals surface area contributed by atoms with E-state index in [2.05, 4.69) is 31.0 Å². The molecule has 150 valence electrons. The van der Waals surface area contributed by atoms with Crippen molar-refractivity contribution in [3.8, 4) is 11.6 Å². The quantitative estimate of drug-likeness (QED) is 0.505. The zero-order chi connectivity index (χ0) is 21.0. The molecular weight excluding hydrogens is 482 g/mol. The predicted molar refractivity (Wildman–Crippen MR) is 116 cm³/mol. The SMILES string of the molecule is CS(=O)(=O)Nc1cc(C(=O)Nc2ccc(Oc3cccc(Br)c3)nc2)ccc1Cl. The summed E-state index contributed by atoms with van der Waals surface area (Å²) >= 11 is 9.34. The molecule has 7 nitrogen and oxygen atoms in total. The first-order valence-corrected chi connectivity index (χ1v) is 11.2. The second kappa shape index (κ2) is 8.81. The Balaban J connectivity index is 1.70. The lowest BCUT2D eigenvalue weighted by Crippen LogP contribution is -2.14. The predicted octanol–water partition coefficient (Wildman–Crippen LogP) is 4.91. The lowest BCUT2D eigenvalue weighted by Gasteiger charge is -2.10. The van der Waals surface area contributed by atoms with Crippen molar-refractivity contribution in [3.05, 3.63) is 75.9 Å². The Hall–Kier alpha value is -2.62. The number of nitrogens with one attached hydrogen (secondary N) is 2. The molecule has 0 fully saturated rings. The number of pyridine rings is 1. The van der Waals surface area contributed by atoms with Crippen LogP contribution in [0.15, 0.2) is 65.3 Å². The van der Waals surface area contributed by atoms with Crippen LogP contribution in [0.3, 0.4) is 0 Å². The van der Waals surface area contributed by atoms with Gasteiger partial charge in [0.05, 0.1) is 28.9 Å². The van der Waals surface area contributed by atoms with E-state index in [1.54, 1.807) is 24.3 Å². The monoisotopic (exact) mass is 495 g/mol. The number of carbonyl (C=O) groups excluding carboxylic acids is 1. The fourth-order valence-corrected chi connectivity index (χ4v) is 3.48. The van der Waals surface area contributed by atoms with Crippen molar-refractivity contribution in [1.82, 2.24) is 4.98 Å². The number of benzene rings is 2. The number of ether oxygens (including phenoxy) is 1. The highest BCUT2D eigenvalue weighted by atomic mass is 79.9. The van der Waals surface area contributed by atoms with E-state index in [0.29, 0.717) is 17.3 Å². The van der Waals surface area contributed by atoms with Gasteiger partial charge in [0.1, 0.15) is 5.75 Å². The van der Waals surface area contributed by atoms with E-state index in [4.69, 9.17) is 16.3 Å². The molecule has 0 saturated carbocycles. The zero-order valence-corrected chi connectivity index (χ0v) is 18.2. The molecule has 1 aromatic heterocycles. The molecule has 1 amide bonds. The number of nitrogens with zero attached hydrogens (tertiary/aromatic N) is 1.